The minimum absolute atomic E-state index is 0.0459. The maximum Gasteiger partial charge on any atom is 0.265 e. The second-order valence-electron chi connectivity index (χ2n) is 10.8. The molecule has 0 fully saturated rings. The van der Waals surface area contributed by atoms with Gasteiger partial charge in [-0.05, 0) is 63.6 Å². The Bertz CT molecular complexity index is 1540. The summed E-state index contributed by atoms with van der Waals surface area (Å²) in [6, 6.07) is 16.8. The van der Waals surface area contributed by atoms with Crippen molar-refractivity contribution in [2.75, 3.05) is 32.2 Å². The fraction of sp³-hybridized carbons (Fsp3) is 0.355. The number of ether oxygens (including phenoxy) is 3. The second-order valence-corrected chi connectivity index (χ2v) is 13.1. The quantitative estimate of drug-likeness (QED) is 0.303. The molecule has 0 saturated heterocycles. The number of halogens is 1. The molecule has 0 aliphatic rings. The summed E-state index contributed by atoms with van der Waals surface area (Å²) in [7, 11) is -0.214. The molecule has 0 saturated carbocycles. The van der Waals surface area contributed by atoms with Gasteiger partial charge in [0.05, 0.1) is 31.9 Å². The van der Waals surface area contributed by atoms with Crippen molar-refractivity contribution < 1.29 is 32.2 Å². The zero-order chi connectivity index (χ0) is 31.9. The van der Waals surface area contributed by atoms with E-state index in [0.717, 1.165) is 9.87 Å². The van der Waals surface area contributed by atoms with Crippen molar-refractivity contribution in [2.45, 2.75) is 50.7 Å². The first-order valence-electron chi connectivity index (χ1n) is 13.5. The first kappa shape index (κ1) is 33.5. The number of sulfonamides is 1. The maximum atomic E-state index is 14.3. The predicted octanol–water partition coefficient (Wildman–Crippen LogP) is 4.89. The molecular formula is C31H38ClN3O7S. The van der Waals surface area contributed by atoms with Crippen LogP contribution in [-0.2, 0) is 26.2 Å². The van der Waals surface area contributed by atoms with Gasteiger partial charge >= 0.3 is 0 Å². The first-order valence-corrected chi connectivity index (χ1v) is 15.3. The van der Waals surface area contributed by atoms with Crippen molar-refractivity contribution in [3.05, 3.63) is 77.3 Å². The van der Waals surface area contributed by atoms with Crippen LogP contribution in [0, 0.1) is 0 Å². The van der Waals surface area contributed by atoms with E-state index in [-0.39, 0.29) is 39.6 Å². The van der Waals surface area contributed by atoms with E-state index in [1.54, 1.807) is 13.0 Å². The van der Waals surface area contributed by atoms with Crippen LogP contribution in [0.25, 0.3) is 0 Å². The molecule has 1 N–H and O–H groups in total. The van der Waals surface area contributed by atoms with Crippen LogP contribution in [0.3, 0.4) is 0 Å². The molecule has 2 amide bonds. The van der Waals surface area contributed by atoms with E-state index in [1.807, 2.05) is 51.1 Å². The zero-order valence-electron chi connectivity index (χ0n) is 25.4. The summed E-state index contributed by atoms with van der Waals surface area (Å²) in [6.07, 6.45) is 0. The van der Waals surface area contributed by atoms with Crippen LogP contribution in [0.15, 0.2) is 71.6 Å². The van der Waals surface area contributed by atoms with Gasteiger partial charge in [0, 0.05) is 23.2 Å². The molecule has 10 nitrogen and oxygen atoms in total. The Balaban J connectivity index is 2.14. The molecule has 1 unspecified atom stereocenters. The lowest BCUT2D eigenvalue weighted by Crippen LogP contribution is -2.54. The summed E-state index contributed by atoms with van der Waals surface area (Å²) < 4.78 is 45.5. The fourth-order valence-corrected chi connectivity index (χ4v) is 5.91. The number of rotatable bonds is 12. The molecule has 3 aromatic rings. The van der Waals surface area contributed by atoms with Gasteiger partial charge in [-0.3, -0.25) is 13.9 Å². The average Bonchev–Trinajstić information content (AvgIpc) is 2.97. The highest BCUT2D eigenvalue weighted by Crippen LogP contribution is 2.37. The van der Waals surface area contributed by atoms with E-state index in [2.05, 4.69) is 5.32 Å². The predicted molar refractivity (Wildman–Crippen MR) is 166 cm³/mol. The van der Waals surface area contributed by atoms with Crippen molar-refractivity contribution in [3.63, 3.8) is 0 Å². The monoisotopic (exact) mass is 631 g/mol. The van der Waals surface area contributed by atoms with E-state index in [1.165, 1.54) is 56.6 Å². The highest BCUT2D eigenvalue weighted by molar-refractivity contribution is 7.92. The lowest BCUT2D eigenvalue weighted by Gasteiger charge is -2.33. The molecule has 1 atom stereocenters. The van der Waals surface area contributed by atoms with Gasteiger partial charge in [0.15, 0.2) is 11.5 Å². The van der Waals surface area contributed by atoms with Crippen LogP contribution in [-0.4, -0.2) is 64.6 Å². The Morgan fingerprint density at radius 1 is 0.884 bits per heavy atom. The summed E-state index contributed by atoms with van der Waals surface area (Å²) >= 11 is 6.30. The molecule has 0 heterocycles. The Kier molecular flexibility index (Phi) is 10.9. The van der Waals surface area contributed by atoms with Crippen LogP contribution in [0.1, 0.15) is 33.3 Å². The number of benzene rings is 3. The topological polar surface area (TPSA) is 114 Å². The maximum absolute atomic E-state index is 14.3. The number of carbonyl (C=O) groups excluding carboxylic acids is 2. The molecule has 232 valence electrons. The highest BCUT2D eigenvalue weighted by Gasteiger charge is 2.35. The fourth-order valence-electron chi connectivity index (χ4n) is 4.31. The van der Waals surface area contributed by atoms with E-state index in [0.29, 0.717) is 5.75 Å². The van der Waals surface area contributed by atoms with Gasteiger partial charge in [0.25, 0.3) is 10.0 Å². The molecular weight excluding hydrogens is 594 g/mol. The Hall–Kier alpha value is -3.96. The van der Waals surface area contributed by atoms with Crippen LogP contribution < -0.4 is 23.8 Å². The molecule has 0 aromatic heterocycles. The first-order chi connectivity index (χ1) is 20.2. The number of carbonyl (C=O) groups is 2. The summed E-state index contributed by atoms with van der Waals surface area (Å²) in [4.78, 5) is 28.6. The van der Waals surface area contributed by atoms with E-state index in [9.17, 15) is 18.0 Å². The Morgan fingerprint density at radius 2 is 1.49 bits per heavy atom. The van der Waals surface area contributed by atoms with Crippen LogP contribution in [0.4, 0.5) is 5.69 Å². The number of amides is 2. The SMILES string of the molecule is COc1ccc(S(=O)(=O)N(CC(=O)N(Cc2ccccc2)C(C)C(=O)NC(C)(C)C)c2cc(Cl)ccc2OC)cc1OC. The van der Waals surface area contributed by atoms with E-state index in [4.69, 9.17) is 25.8 Å². The van der Waals surface area contributed by atoms with Crippen molar-refractivity contribution in [1.82, 2.24) is 10.2 Å². The van der Waals surface area contributed by atoms with Crippen LogP contribution in [0.5, 0.6) is 17.2 Å². The van der Waals surface area contributed by atoms with Gasteiger partial charge in [-0.25, -0.2) is 8.42 Å². The number of hydrogen-bond donors (Lipinski definition) is 1. The van der Waals surface area contributed by atoms with Crippen molar-refractivity contribution >= 4 is 39.1 Å². The second kappa shape index (κ2) is 14.0. The summed E-state index contributed by atoms with van der Waals surface area (Å²) in [6.45, 7) is 6.52. The van der Waals surface area contributed by atoms with E-state index < -0.39 is 34.1 Å². The number of methoxy groups -OCH3 is 3. The number of hydrogen-bond acceptors (Lipinski definition) is 7. The molecule has 0 aliphatic carbocycles. The zero-order valence-corrected chi connectivity index (χ0v) is 27.0. The smallest absolute Gasteiger partial charge is 0.265 e. The van der Waals surface area contributed by atoms with Crippen molar-refractivity contribution in [3.8, 4) is 17.2 Å². The van der Waals surface area contributed by atoms with Crippen LogP contribution in [0.2, 0.25) is 5.02 Å². The molecule has 12 heteroatoms. The average molecular weight is 632 g/mol. The summed E-state index contributed by atoms with van der Waals surface area (Å²) in [5.74, 6) is -0.310. The third-order valence-electron chi connectivity index (χ3n) is 6.49. The number of anilines is 1. The van der Waals surface area contributed by atoms with E-state index >= 15 is 0 Å². The van der Waals surface area contributed by atoms with Gasteiger partial charge in [-0.1, -0.05) is 41.9 Å². The lowest BCUT2D eigenvalue weighted by molar-refractivity contribution is -0.140. The largest absolute Gasteiger partial charge is 0.495 e. The molecule has 3 aromatic carbocycles. The van der Waals surface area contributed by atoms with Gasteiger partial charge in [-0.15, -0.1) is 0 Å². The Morgan fingerprint density at radius 3 is 2.07 bits per heavy atom. The molecule has 3 rings (SSSR count). The standard InChI is InChI=1S/C31H38ClN3O7S/c1-21(30(37)33-31(2,3)4)34(19-22-11-9-8-10-12-22)29(36)20-35(25-17-23(32)13-15-26(25)40-5)43(38,39)24-14-16-27(41-6)28(18-24)42-7/h8-18,21H,19-20H2,1-7H3,(H,33,37). The third-order valence-corrected chi connectivity index (χ3v) is 8.48. The highest BCUT2D eigenvalue weighted by atomic mass is 35.5. The normalized spacial score (nSPS) is 12.2. The third kappa shape index (κ3) is 8.32. The van der Waals surface area contributed by atoms with Gasteiger partial charge in [0.2, 0.25) is 11.8 Å². The minimum atomic E-state index is -4.43. The van der Waals surface area contributed by atoms with Gasteiger partial charge < -0.3 is 24.4 Å². The molecule has 0 bridgehead atoms. The van der Waals surface area contributed by atoms with Crippen molar-refractivity contribution in [2.24, 2.45) is 0 Å². The summed E-state index contributed by atoms with van der Waals surface area (Å²) in [5.41, 5.74) is 0.259. The number of nitrogens with one attached hydrogen (secondary N) is 1. The van der Waals surface area contributed by atoms with Gasteiger partial charge in [0.1, 0.15) is 18.3 Å². The van der Waals surface area contributed by atoms with Crippen molar-refractivity contribution in [1.29, 1.82) is 0 Å². The molecule has 43 heavy (non-hydrogen) atoms. The van der Waals surface area contributed by atoms with Gasteiger partial charge in [-0.2, -0.15) is 0 Å². The Labute approximate surface area is 258 Å². The minimum Gasteiger partial charge on any atom is -0.495 e. The molecule has 0 spiro atoms. The summed E-state index contributed by atoms with van der Waals surface area (Å²) in [5, 5.41) is 3.13. The van der Waals surface area contributed by atoms with Crippen LogP contribution >= 0.6 is 11.6 Å². The number of nitrogens with zero attached hydrogens (tertiary/aromatic N) is 2. The molecule has 0 radical (unpaired) electrons. The molecule has 0 aliphatic heterocycles. The lowest BCUT2D eigenvalue weighted by atomic mass is 10.1.